The summed E-state index contributed by atoms with van der Waals surface area (Å²) >= 11 is 0. The molecule has 1 saturated carbocycles. The van der Waals surface area contributed by atoms with Crippen molar-refractivity contribution in [3.63, 3.8) is 0 Å². The zero-order chi connectivity index (χ0) is 35.1. The molecule has 50 heavy (non-hydrogen) atoms. The number of nitrogens with one attached hydrogen (secondary N) is 4. The van der Waals surface area contributed by atoms with Gasteiger partial charge in [0.15, 0.2) is 0 Å². The molecule has 4 N–H and O–H groups in total. The van der Waals surface area contributed by atoms with Crippen molar-refractivity contribution in [2.75, 3.05) is 24.3 Å². The molecule has 3 aliphatic rings. The maximum atomic E-state index is 13.5. The lowest BCUT2D eigenvalue weighted by atomic mass is 9.83. The second kappa shape index (κ2) is 10.9. The van der Waals surface area contributed by atoms with Gasteiger partial charge in [-0.1, -0.05) is 0 Å². The van der Waals surface area contributed by atoms with Crippen LogP contribution >= 0.6 is 0 Å². The van der Waals surface area contributed by atoms with Crippen LogP contribution in [0.2, 0.25) is 0 Å². The summed E-state index contributed by atoms with van der Waals surface area (Å²) in [7, 11) is 1.31. The summed E-state index contributed by atoms with van der Waals surface area (Å²) in [5.74, 6) is -1.48. The van der Waals surface area contributed by atoms with Crippen molar-refractivity contribution in [3.05, 3.63) is 101 Å². The number of fused-ring (bicyclic) bond motifs is 3. The molecule has 3 aromatic heterocycles. The maximum Gasteiger partial charge on any atom is 0.414 e. The third-order valence-electron chi connectivity index (χ3n) is 9.41. The van der Waals surface area contributed by atoms with Crippen molar-refractivity contribution in [2.45, 2.75) is 38.2 Å². The van der Waals surface area contributed by atoms with Crippen LogP contribution in [0.5, 0.6) is 0 Å². The number of H-pyrrole nitrogens is 2. The van der Waals surface area contributed by atoms with Crippen molar-refractivity contribution < 1.29 is 33.4 Å². The van der Waals surface area contributed by atoms with Crippen LogP contribution in [-0.4, -0.2) is 68.8 Å². The highest BCUT2D eigenvalue weighted by molar-refractivity contribution is 6.11. The predicted molar refractivity (Wildman–Crippen MR) is 183 cm³/mol. The minimum Gasteiger partial charge on any atom is -0.464 e. The van der Waals surface area contributed by atoms with Gasteiger partial charge in [0.05, 0.1) is 12.7 Å². The number of ether oxygens (including phenoxy) is 2. The average Bonchev–Trinajstić information content (AvgIpc) is 3.35. The fourth-order valence-electron chi connectivity index (χ4n) is 7.07. The molecule has 2 fully saturated rings. The van der Waals surface area contributed by atoms with Gasteiger partial charge in [-0.15, -0.1) is 0 Å². The van der Waals surface area contributed by atoms with Gasteiger partial charge in [0, 0.05) is 63.1 Å². The Labute approximate surface area is 285 Å². The molecule has 4 heterocycles. The second-order valence-electron chi connectivity index (χ2n) is 13.8. The number of aromatic nitrogens is 3. The molecule has 2 aliphatic carbocycles. The number of esters is 1. The molecular weight excluding hydrogens is 640 g/mol. The molecule has 0 radical (unpaired) electrons. The summed E-state index contributed by atoms with van der Waals surface area (Å²) in [5, 5.41) is 7.21. The minimum absolute atomic E-state index is 0.103. The molecule has 0 unspecified atom stereocenters. The number of carbonyl (C=O) groups is 5. The number of piperidine rings is 1. The lowest BCUT2D eigenvalue weighted by Crippen LogP contribution is -2.38. The van der Waals surface area contributed by atoms with E-state index >= 15 is 0 Å². The van der Waals surface area contributed by atoms with E-state index in [1.165, 1.54) is 24.3 Å². The zero-order valence-corrected chi connectivity index (χ0v) is 27.6. The molecule has 13 nitrogen and oxygen atoms in total. The number of pyridine rings is 1. The second-order valence-corrected chi connectivity index (χ2v) is 13.8. The number of carbonyl (C=O) groups excluding carboxylic acids is 5. The molecule has 13 heteroatoms. The van der Waals surface area contributed by atoms with E-state index in [0.29, 0.717) is 51.5 Å². The van der Waals surface area contributed by atoms with E-state index in [0.717, 1.165) is 17.3 Å². The Balaban J connectivity index is 0.986. The first-order chi connectivity index (χ1) is 23.8. The summed E-state index contributed by atoms with van der Waals surface area (Å²) in [6.07, 6.45) is 3.12. The van der Waals surface area contributed by atoms with Gasteiger partial charge in [0.25, 0.3) is 11.8 Å². The molecule has 2 atom stereocenters. The first-order valence-electron chi connectivity index (χ1n) is 16.1. The normalized spacial score (nSPS) is 19.0. The Morgan fingerprint density at radius 3 is 2.20 bits per heavy atom. The van der Waals surface area contributed by atoms with E-state index in [2.05, 4.69) is 25.6 Å². The number of rotatable bonds is 5. The fourth-order valence-corrected chi connectivity index (χ4v) is 7.07. The highest BCUT2D eigenvalue weighted by atomic mass is 16.6. The third-order valence-corrected chi connectivity index (χ3v) is 9.41. The Morgan fingerprint density at radius 2 is 1.54 bits per heavy atom. The number of aromatic amines is 2. The van der Waals surface area contributed by atoms with Crippen molar-refractivity contribution in [1.29, 1.82) is 0 Å². The summed E-state index contributed by atoms with van der Waals surface area (Å²) in [6, 6.07) is 15.5. The number of hydrogen-bond donors (Lipinski definition) is 4. The number of hydrogen-bond acceptors (Lipinski definition) is 8. The van der Waals surface area contributed by atoms with Crippen LogP contribution in [0.4, 0.5) is 16.2 Å². The first kappa shape index (κ1) is 31.1. The largest absolute Gasteiger partial charge is 0.464 e. The number of benzene rings is 2. The Kier molecular flexibility index (Phi) is 6.76. The van der Waals surface area contributed by atoms with E-state index in [1.54, 1.807) is 75.4 Å². The van der Waals surface area contributed by atoms with Gasteiger partial charge in [-0.25, -0.2) is 9.59 Å². The minimum atomic E-state index is -0.684. The van der Waals surface area contributed by atoms with Gasteiger partial charge < -0.3 is 30.1 Å². The number of ketones is 1. The van der Waals surface area contributed by atoms with Crippen LogP contribution < -0.4 is 10.6 Å². The molecule has 5 aromatic rings. The van der Waals surface area contributed by atoms with E-state index in [9.17, 15) is 24.0 Å². The summed E-state index contributed by atoms with van der Waals surface area (Å²) < 4.78 is 10.4. The summed E-state index contributed by atoms with van der Waals surface area (Å²) in [5.41, 5.74) is 3.68. The van der Waals surface area contributed by atoms with E-state index in [-0.39, 0.29) is 28.9 Å². The number of likely N-dealkylation sites (tertiary alicyclic amines) is 1. The topological polar surface area (TPSA) is 176 Å². The predicted octanol–water partition coefficient (Wildman–Crippen LogP) is 5.92. The number of allylic oxidation sites excluding steroid dienone is 2. The molecular formula is C37H32N6O7. The van der Waals surface area contributed by atoms with Crippen LogP contribution in [0.25, 0.3) is 21.8 Å². The van der Waals surface area contributed by atoms with Gasteiger partial charge in [0.2, 0.25) is 5.78 Å². The van der Waals surface area contributed by atoms with Crippen LogP contribution in [0.3, 0.4) is 0 Å². The van der Waals surface area contributed by atoms with Crippen molar-refractivity contribution in [3.8, 4) is 0 Å². The van der Waals surface area contributed by atoms with Crippen LogP contribution in [0.15, 0.2) is 72.6 Å². The van der Waals surface area contributed by atoms with Gasteiger partial charge in [-0.2, -0.15) is 0 Å². The van der Waals surface area contributed by atoms with Crippen LogP contribution in [0, 0.1) is 5.92 Å². The molecule has 1 spiro atoms. The van der Waals surface area contributed by atoms with Gasteiger partial charge in [-0.3, -0.25) is 24.3 Å². The van der Waals surface area contributed by atoms with E-state index in [1.807, 2.05) is 0 Å². The Hall–Kier alpha value is -6.24. The molecule has 3 amide bonds. The van der Waals surface area contributed by atoms with Gasteiger partial charge >= 0.3 is 12.1 Å². The SMILES string of the molecule is COC(=O)c1cc2cc(NC(=O)c3cc4cc(NC(=O)c5cnc6c(c5)[C@@]57C[C@@H]5CN(C(=O)OC(C)(C)C)C7=CC6=O)ccc4[nH]3)ccc2[nH]1. The van der Waals surface area contributed by atoms with Gasteiger partial charge in [-0.05, 0) is 93.3 Å². The molecule has 252 valence electrons. The number of amides is 3. The smallest absolute Gasteiger partial charge is 0.414 e. The quantitative estimate of drug-likeness (QED) is 0.166. The molecule has 8 rings (SSSR count). The number of nitrogens with zero attached hydrogens (tertiary/aromatic N) is 2. The zero-order valence-electron chi connectivity index (χ0n) is 27.6. The third kappa shape index (κ3) is 5.09. The monoisotopic (exact) mass is 672 g/mol. The molecule has 0 bridgehead atoms. The van der Waals surface area contributed by atoms with E-state index in [4.69, 9.17) is 9.47 Å². The molecule has 1 saturated heterocycles. The van der Waals surface area contributed by atoms with Crippen molar-refractivity contribution in [2.24, 2.45) is 5.92 Å². The Bertz CT molecular complexity index is 2360. The average molecular weight is 673 g/mol. The summed E-state index contributed by atoms with van der Waals surface area (Å²) in [6.45, 7) is 5.82. The maximum absolute atomic E-state index is 13.5. The van der Waals surface area contributed by atoms with Crippen molar-refractivity contribution in [1.82, 2.24) is 19.9 Å². The van der Waals surface area contributed by atoms with Crippen molar-refractivity contribution >= 4 is 62.8 Å². The number of anilines is 2. The van der Waals surface area contributed by atoms with Crippen LogP contribution in [-0.2, 0) is 14.9 Å². The molecule has 1 aliphatic heterocycles. The lowest BCUT2D eigenvalue weighted by molar-refractivity contribution is 0.0321. The molecule has 2 aromatic carbocycles. The van der Waals surface area contributed by atoms with Crippen LogP contribution in [0.1, 0.15) is 74.6 Å². The highest BCUT2D eigenvalue weighted by Crippen LogP contribution is 2.66. The standard InChI is InChI=1S/C37H32N6O7/c1-36(2,3)50-35(48)43-17-21-15-37(21)24-11-20(16-38-31(24)29(44)14-30(37)43)32(45)39-22-5-7-25-18(9-22)12-27(41-25)33(46)40-23-6-8-26-19(10-23)13-28(42-26)34(47)49-4/h5-14,16,21,41-42H,15,17H2,1-4H3,(H,39,45)(H,40,46)/t21-,37-/m1/s1. The highest BCUT2D eigenvalue weighted by Gasteiger charge is 2.68. The fraction of sp³-hybridized carbons (Fsp3) is 0.243. The first-order valence-corrected chi connectivity index (χ1v) is 16.1. The van der Waals surface area contributed by atoms with E-state index < -0.39 is 29.0 Å². The number of methoxy groups -OCH3 is 1. The van der Waals surface area contributed by atoms with Gasteiger partial charge in [0.1, 0.15) is 22.7 Å². The Morgan fingerprint density at radius 1 is 0.900 bits per heavy atom. The summed E-state index contributed by atoms with van der Waals surface area (Å²) in [4.78, 5) is 76.6. The lowest BCUT2D eigenvalue weighted by Gasteiger charge is -2.30.